The number of para-hydroxylation sites is 1. The van der Waals surface area contributed by atoms with Gasteiger partial charge in [0.25, 0.3) is 5.91 Å². The van der Waals surface area contributed by atoms with Crippen LogP contribution in [0, 0.1) is 0 Å². The Balaban J connectivity index is 1.22. The van der Waals surface area contributed by atoms with E-state index < -0.39 is 18.5 Å². The van der Waals surface area contributed by atoms with Crippen LogP contribution in [0.15, 0.2) is 72.8 Å². The highest BCUT2D eigenvalue weighted by atomic mass is 16.5. The summed E-state index contributed by atoms with van der Waals surface area (Å²) < 4.78 is 10.7. The fourth-order valence-corrected chi connectivity index (χ4v) is 3.39. The van der Waals surface area contributed by atoms with Crippen LogP contribution in [0.4, 0.5) is 5.69 Å². The number of rotatable bonds is 8. The summed E-state index contributed by atoms with van der Waals surface area (Å²) in [6.07, 6.45) is 0.912. The number of Topliss-reactive ketones (excluding diaryl/α,β-unsaturated/α-hetero) is 1. The number of fused-ring (bicyclic) bond motifs is 1. The number of hydrogen-bond donors (Lipinski definition) is 2. The van der Waals surface area contributed by atoms with Crippen molar-refractivity contribution in [1.82, 2.24) is 5.32 Å². The molecule has 4 rings (SSSR count). The van der Waals surface area contributed by atoms with Crippen molar-refractivity contribution in [3.63, 3.8) is 0 Å². The zero-order valence-corrected chi connectivity index (χ0v) is 18.2. The van der Waals surface area contributed by atoms with Gasteiger partial charge in [-0.2, -0.15) is 0 Å². The summed E-state index contributed by atoms with van der Waals surface area (Å²) in [5.74, 6) is -0.348. The van der Waals surface area contributed by atoms with Crippen LogP contribution in [-0.4, -0.2) is 36.7 Å². The van der Waals surface area contributed by atoms with Crippen molar-refractivity contribution in [1.29, 1.82) is 0 Å². The normalized spacial score (nSPS) is 12.2. The number of anilines is 1. The highest BCUT2D eigenvalue weighted by molar-refractivity contribution is 6.00. The van der Waals surface area contributed by atoms with Crippen molar-refractivity contribution in [3.8, 4) is 11.5 Å². The van der Waals surface area contributed by atoms with Crippen LogP contribution in [0.5, 0.6) is 11.5 Å². The van der Waals surface area contributed by atoms with Crippen LogP contribution < -0.4 is 15.4 Å². The molecule has 172 valence electrons. The molecule has 3 aromatic rings. The second-order valence-corrected chi connectivity index (χ2v) is 7.63. The molecule has 1 heterocycles. The molecule has 0 saturated heterocycles. The van der Waals surface area contributed by atoms with Gasteiger partial charge in [-0.3, -0.25) is 19.2 Å². The molecule has 0 unspecified atom stereocenters. The molecule has 1 aliphatic heterocycles. The molecule has 2 amide bonds. The molecule has 8 nitrogen and oxygen atoms in total. The quantitative estimate of drug-likeness (QED) is 0.395. The maximum atomic E-state index is 12.4. The van der Waals surface area contributed by atoms with Crippen LogP contribution in [0.2, 0.25) is 0 Å². The average molecular weight is 458 g/mol. The van der Waals surface area contributed by atoms with Crippen LogP contribution in [0.1, 0.15) is 32.7 Å². The van der Waals surface area contributed by atoms with Gasteiger partial charge in [0.05, 0.1) is 0 Å². The summed E-state index contributed by atoms with van der Waals surface area (Å²) in [7, 11) is 0. The van der Waals surface area contributed by atoms with Gasteiger partial charge >= 0.3 is 5.97 Å². The Labute approximate surface area is 195 Å². The largest absolute Gasteiger partial charge is 0.457 e. The predicted molar refractivity (Wildman–Crippen MR) is 124 cm³/mol. The van der Waals surface area contributed by atoms with E-state index in [-0.39, 0.29) is 18.2 Å². The number of amides is 2. The molecule has 0 atom stereocenters. The molecule has 0 fully saturated rings. The molecule has 0 bridgehead atoms. The number of ketones is 1. The van der Waals surface area contributed by atoms with Crippen molar-refractivity contribution in [3.05, 3.63) is 89.5 Å². The molecule has 3 aromatic carbocycles. The molecule has 0 spiro atoms. The molecule has 0 aromatic heterocycles. The summed E-state index contributed by atoms with van der Waals surface area (Å²) in [4.78, 5) is 48.1. The molecule has 0 aliphatic carbocycles. The zero-order chi connectivity index (χ0) is 23.9. The Bertz CT molecular complexity index is 1220. The van der Waals surface area contributed by atoms with Crippen LogP contribution in [-0.2, 0) is 20.7 Å². The molecule has 1 aliphatic rings. The SMILES string of the molecule is O=C1CCc2cc(C(=O)COC(=O)CNC(=O)c3ccc(Oc4ccccc4)cc3)ccc2N1. The van der Waals surface area contributed by atoms with Gasteiger partial charge in [0, 0.05) is 23.2 Å². The molecule has 0 radical (unpaired) electrons. The second-order valence-electron chi connectivity index (χ2n) is 7.63. The summed E-state index contributed by atoms with van der Waals surface area (Å²) in [6, 6.07) is 20.7. The minimum absolute atomic E-state index is 0.0565. The monoisotopic (exact) mass is 458 g/mol. The van der Waals surface area contributed by atoms with Crippen molar-refractivity contribution >= 4 is 29.3 Å². The minimum atomic E-state index is -0.726. The van der Waals surface area contributed by atoms with E-state index >= 15 is 0 Å². The first kappa shape index (κ1) is 22.7. The first-order valence-electron chi connectivity index (χ1n) is 10.7. The molecular formula is C26H22N2O6. The molecular weight excluding hydrogens is 436 g/mol. The first-order valence-corrected chi connectivity index (χ1v) is 10.7. The lowest BCUT2D eigenvalue weighted by Crippen LogP contribution is -2.31. The van der Waals surface area contributed by atoms with Crippen molar-refractivity contribution in [2.45, 2.75) is 12.8 Å². The number of benzene rings is 3. The highest BCUT2D eigenvalue weighted by Crippen LogP contribution is 2.24. The second kappa shape index (κ2) is 10.4. The van der Waals surface area contributed by atoms with Gasteiger partial charge in [-0.1, -0.05) is 18.2 Å². The Morgan fingerprint density at radius 2 is 1.56 bits per heavy atom. The van der Waals surface area contributed by atoms with E-state index in [0.717, 1.165) is 5.56 Å². The first-order chi connectivity index (χ1) is 16.5. The third kappa shape index (κ3) is 5.86. The Morgan fingerprint density at radius 1 is 0.853 bits per heavy atom. The Hall–Kier alpha value is -4.46. The van der Waals surface area contributed by atoms with E-state index in [2.05, 4.69) is 10.6 Å². The van der Waals surface area contributed by atoms with Gasteiger partial charge in [-0.05, 0) is 66.6 Å². The molecule has 0 saturated carbocycles. The average Bonchev–Trinajstić information content (AvgIpc) is 2.86. The van der Waals surface area contributed by atoms with Gasteiger partial charge in [0.2, 0.25) is 5.91 Å². The van der Waals surface area contributed by atoms with Gasteiger partial charge in [-0.15, -0.1) is 0 Å². The summed E-state index contributed by atoms with van der Waals surface area (Å²) >= 11 is 0. The fraction of sp³-hybridized carbons (Fsp3) is 0.154. The number of hydrogen-bond acceptors (Lipinski definition) is 6. The van der Waals surface area contributed by atoms with Crippen molar-refractivity contribution in [2.75, 3.05) is 18.5 Å². The van der Waals surface area contributed by atoms with Gasteiger partial charge in [0.1, 0.15) is 18.0 Å². The number of carbonyl (C=O) groups excluding carboxylic acids is 4. The predicted octanol–water partition coefficient (Wildman–Crippen LogP) is 3.52. The van der Waals surface area contributed by atoms with E-state index in [9.17, 15) is 19.2 Å². The summed E-state index contributed by atoms with van der Waals surface area (Å²) in [5, 5.41) is 5.22. The van der Waals surface area contributed by atoms with Crippen LogP contribution in [0.25, 0.3) is 0 Å². The Kier molecular flexibility index (Phi) is 6.98. The number of ether oxygens (including phenoxy) is 2. The number of esters is 1. The van der Waals surface area contributed by atoms with Crippen molar-refractivity contribution in [2.24, 2.45) is 0 Å². The summed E-state index contributed by atoms with van der Waals surface area (Å²) in [5.41, 5.74) is 2.30. The number of nitrogens with one attached hydrogen (secondary N) is 2. The maximum absolute atomic E-state index is 12.4. The van der Waals surface area contributed by atoms with Gasteiger partial charge in [-0.25, -0.2) is 0 Å². The third-order valence-corrected chi connectivity index (χ3v) is 5.18. The lowest BCUT2D eigenvalue weighted by atomic mass is 9.99. The van der Waals surface area contributed by atoms with E-state index in [1.165, 1.54) is 0 Å². The van der Waals surface area contributed by atoms with Gasteiger partial charge in [0.15, 0.2) is 12.4 Å². The molecule has 8 heteroatoms. The Morgan fingerprint density at radius 3 is 2.32 bits per heavy atom. The number of carbonyl (C=O) groups is 4. The maximum Gasteiger partial charge on any atom is 0.325 e. The van der Waals surface area contributed by atoms with Crippen LogP contribution in [0.3, 0.4) is 0 Å². The minimum Gasteiger partial charge on any atom is -0.457 e. The standard InChI is InChI=1S/C26H22N2O6/c29-23(19-8-12-22-18(14-19)9-13-24(30)28-22)16-33-25(31)15-27-26(32)17-6-10-21(11-7-17)34-20-4-2-1-3-5-20/h1-8,10-12,14H,9,13,15-16H2,(H,27,32)(H,28,30). The zero-order valence-electron chi connectivity index (χ0n) is 18.2. The van der Waals surface area contributed by atoms with E-state index in [0.29, 0.717) is 41.2 Å². The van der Waals surface area contributed by atoms with E-state index in [1.807, 2.05) is 30.3 Å². The number of aryl methyl sites for hydroxylation is 1. The lowest BCUT2D eigenvalue weighted by molar-refractivity contribution is -0.141. The van der Waals surface area contributed by atoms with E-state index in [1.54, 1.807) is 42.5 Å². The van der Waals surface area contributed by atoms with Crippen molar-refractivity contribution < 1.29 is 28.7 Å². The topological polar surface area (TPSA) is 111 Å². The van der Waals surface area contributed by atoms with E-state index in [4.69, 9.17) is 9.47 Å². The lowest BCUT2D eigenvalue weighted by Gasteiger charge is -2.17. The smallest absolute Gasteiger partial charge is 0.325 e. The molecule has 34 heavy (non-hydrogen) atoms. The third-order valence-electron chi connectivity index (χ3n) is 5.18. The van der Waals surface area contributed by atoms with Crippen LogP contribution >= 0.6 is 0 Å². The van der Waals surface area contributed by atoms with Gasteiger partial charge < -0.3 is 20.1 Å². The fourth-order valence-electron chi connectivity index (χ4n) is 3.39. The molecule has 2 N–H and O–H groups in total. The summed E-state index contributed by atoms with van der Waals surface area (Å²) in [6.45, 7) is -0.810. The highest BCUT2D eigenvalue weighted by Gasteiger charge is 2.18.